The van der Waals surface area contributed by atoms with E-state index in [0.29, 0.717) is 40.9 Å². The summed E-state index contributed by atoms with van der Waals surface area (Å²) in [4.78, 5) is 0. The van der Waals surface area contributed by atoms with Gasteiger partial charge in [0.15, 0.2) is 0 Å². The van der Waals surface area contributed by atoms with Crippen molar-refractivity contribution in [1.29, 1.82) is 0 Å². The minimum atomic E-state index is 0.0556. The van der Waals surface area contributed by atoms with Crippen LogP contribution in [0.15, 0.2) is 0 Å². The molecule has 0 aliphatic carbocycles. The van der Waals surface area contributed by atoms with Crippen molar-refractivity contribution in [2.45, 2.75) is 0 Å². The topological polar surface area (TPSA) is 68.3 Å². The molecular weight excluding hydrogens is 370 g/mol. The van der Waals surface area contributed by atoms with Gasteiger partial charge in [-0.3, -0.25) is 0 Å². The molecule has 0 aromatic carbocycles. The van der Waals surface area contributed by atoms with Crippen molar-refractivity contribution in [3.63, 3.8) is 0 Å². The van der Waals surface area contributed by atoms with Crippen LogP contribution in [0.1, 0.15) is 0 Å². The third-order valence-electron chi connectivity index (χ3n) is 0. The molecule has 8 heavy (non-hydrogen) atoms. The SMILES string of the molecule is [O]=[AlH].[O]=[Ce].[O]=[Ti].[O]=[Zr]. The van der Waals surface area contributed by atoms with Crippen molar-refractivity contribution in [3.05, 3.63) is 0 Å². The zero-order valence-corrected chi connectivity index (χ0v) is 12.4. The molecule has 0 aromatic rings. The maximum absolute atomic E-state index is 8.39. The predicted octanol–water partition coefficient (Wildman–Crippen LogP) is -1.13. The molecular formula is HAlCeO4TiZr. The summed E-state index contributed by atoms with van der Waals surface area (Å²) in [5.74, 6) is 0. The van der Waals surface area contributed by atoms with Crippen molar-refractivity contribution < 1.29 is 95.8 Å². The first-order valence-electron chi connectivity index (χ1n) is 0.901. The van der Waals surface area contributed by atoms with E-state index in [1.165, 1.54) is 0 Å². The summed E-state index contributed by atoms with van der Waals surface area (Å²) in [6.07, 6.45) is 0. The van der Waals surface area contributed by atoms with E-state index in [1.807, 2.05) is 0 Å². The predicted molar refractivity (Wildman–Crippen MR) is 9.89 cm³/mol. The van der Waals surface area contributed by atoms with Crippen LogP contribution in [-0.4, -0.2) is 16.2 Å². The molecule has 8 heteroatoms. The van der Waals surface area contributed by atoms with Gasteiger partial charge < -0.3 is 0 Å². The number of hydrogen-bond acceptors (Lipinski definition) is 4. The molecule has 0 aromatic heterocycles. The van der Waals surface area contributed by atoms with Gasteiger partial charge in [-0.1, -0.05) is 0 Å². The van der Waals surface area contributed by atoms with Gasteiger partial charge in [0.2, 0.25) is 0 Å². The first-order chi connectivity index (χ1) is 4.00. The molecule has 0 aliphatic rings. The third kappa shape index (κ3) is 70.6. The van der Waals surface area contributed by atoms with Crippen LogP contribution in [0.2, 0.25) is 0 Å². The second-order valence-electron chi connectivity index (χ2n) is 0. The first-order valence-corrected chi connectivity index (χ1v) is 4.40. The molecule has 4 nitrogen and oxygen atoms in total. The fourth-order valence-electron chi connectivity index (χ4n) is 0. The van der Waals surface area contributed by atoms with Gasteiger partial charge in [0, 0.05) is 0 Å². The summed E-state index contributed by atoms with van der Waals surface area (Å²) < 4.78 is 33.3. The average molecular weight is 371 g/mol. The van der Waals surface area contributed by atoms with Crippen LogP contribution in [-0.2, 0) is 56.0 Å². The van der Waals surface area contributed by atoms with Crippen molar-refractivity contribution >= 4 is 16.2 Å². The van der Waals surface area contributed by atoms with Gasteiger partial charge in [-0.05, 0) is 0 Å². The number of hydrogen-bond donors (Lipinski definition) is 0. The van der Waals surface area contributed by atoms with Crippen molar-refractivity contribution in [2.75, 3.05) is 0 Å². The Morgan fingerprint density at radius 3 is 1.12 bits per heavy atom. The molecule has 0 spiro atoms. The van der Waals surface area contributed by atoms with E-state index < -0.39 is 0 Å². The molecule has 0 unspecified atom stereocenters. The molecule has 0 saturated heterocycles. The summed E-state index contributed by atoms with van der Waals surface area (Å²) in [5.41, 5.74) is 0. The molecule has 0 saturated carbocycles. The second kappa shape index (κ2) is 100. The van der Waals surface area contributed by atoms with Crippen LogP contribution < -0.4 is 0 Å². The standard InChI is InChI=1S/Al.Ce.4O.Ti.Zr.H. The molecule has 0 radical (unpaired) electrons. The Balaban J connectivity index is -0.0000000133. The van der Waals surface area contributed by atoms with Crippen LogP contribution in [0.25, 0.3) is 0 Å². The van der Waals surface area contributed by atoms with Gasteiger partial charge in [-0.25, -0.2) is 0 Å². The summed E-state index contributed by atoms with van der Waals surface area (Å²) in [6, 6.07) is 0. The number of rotatable bonds is 0. The van der Waals surface area contributed by atoms with E-state index in [-0.39, 0.29) is 39.8 Å². The molecule has 0 rings (SSSR count). The molecule has 0 aliphatic heterocycles. The van der Waals surface area contributed by atoms with Crippen LogP contribution in [0.3, 0.4) is 0 Å². The Morgan fingerprint density at radius 1 is 1.12 bits per heavy atom. The van der Waals surface area contributed by atoms with E-state index in [9.17, 15) is 0 Å². The molecule has 0 atom stereocenters. The van der Waals surface area contributed by atoms with Crippen LogP contribution in [0, 0.1) is 39.8 Å². The van der Waals surface area contributed by atoms with Crippen LogP contribution in [0.4, 0.5) is 0 Å². The van der Waals surface area contributed by atoms with E-state index in [0.717, 1.165) is 20.4 Å². The minimum absolute atomic E-state index is 0.0556. The van der Waals surface area contributed by atoms with E-state index in [2.05, 4.69) is 0 Å². The Labute approximate surface area is 109 Å². The summed E-state index contributed by atoms with van der Waals surface area (Å²) in [6.45, 7) is 0. The van der Waals surface area contributed by atoms with Gasteiger partial charge in [0.1, 0.15) is 0 Å². The van der Waals surface area contributed by atoms with Gasteiger partial charge in [0.05, 0.1) is 0 Å². The molecule has 0 fully saturated rings. The summed E-state index contributed by atoms with van der Waals surface area (Å²) in [5, 5.41) is 0. The Hall–Kier alpha value is 2.71. The van der Waals surface area contributed by atoms with Gasteiger partial charge >= 0.3 is 112 Å². The first kappa shape index (κ1) is 22.4. The Bertz CT molecular complexity index is 24.0. The molecule has 0 N–H and O–H groups in total. The zero-order chi connectivity index (χ0) is 8.00. The second-order valence-corrected chi connectivity index (χ2v) is 0. The van der Waals surface area contributed by atoms with Crippen LogP contribution in [0.5, 0.6) is 0 Å². The third-order valence-corrected chi connectivity index (χ3v) is 0. The van der Waals surface area contributed by atoms with Gasteiger partial charge in [-0.2, -0.15) is 0 Å². The Morgan fingerprint density at radius 2 is 1.12 bits per heavy atom. The molecule has 0 bridgehead atoms. The monoisotopic (exact) mass is 370 g/mol. The molecule has 0 amide bonds. The zero-order valence-electron chi connectivity index (χ0n) is 3.84. The van der Waals surface area contributed by atoms with E-state index in [4.69, 9.17) is 10.9 Å². The van der Waals surface area contributed by atoms with Crippen LogP contribution >= 0.6 is 0 Å². The maximum atomic E-state index is 8.39. The van der Waals surface area contributed by atoms with Crippen molar-refractivity contribution in [1.82, 2.24) is 0 Å². The van der Waals surface area contributed by atoms with E-state index in [1.54, 1.807) is 0 Å². The molecule has 40 valence electrons. The fraction of sp³-hybridized carbons (Fsp3) is 0. The van der Waals surface area contributed by atoms with Crippen molar-refractivity contribution in [2.24, 2.45) is 0 Å². The molecule has 0 heterocycles. The average Bonchev–Trinajstić information content (AvgIpc) is 2.03. The van der Waals surface area contributed by atoms with Crippen molar-refractivity contribution in [3.8, 4) is 0 Å². The van der Waals surface area contributed by atoms with Gasteiger partial charge in [0.25, 0.3) is 0 Å². The summed E-state index contributed by atoms with van der Waals surface area (Å²) in [7, 11) is 0. The summed E-state index contributed by atoms with van der Waals surface area (Å²) >= 11 is 1.72. The van der Waals surface area contributed by atoms with Gasteiger partial charge in [-0.15, -0.1) is 0 Å². The quantitative estimate of drug-likeness (QED) is 0.506. The normalized spacial score (nSPS) is 1.50. The van der Waals surface area contributed by atoms with E-state index >= 15 is 0 Å². The fourth-order valence-corrected chi connectivity index (χ4v) is 0. The Kier molecular flexibility index (Phi) is 282.